The van der Waals surface area contributed by atoms with E-state index in [4.69, 9.17) is 0 Å². The van der Waals surface area contributed by atoms with Crippen molar-refractivity contribution in [2.45, 2.75) is 19.9 Å². The number of amides is 1. The molecule has 0 saturated heterocycles. The first-order valence-electron chi connectivity index (χ1n) is 8.87. The van der Waals surface area contributed by atoms with E-state index in [1.54, 1.807) is 29.5 Å². The fourth-order valence-electron chi connectivity index (χ4n) is 2.98. The molecule has 0 saturated carbocycles. The number of nitrogens with two attached hydrogens (primary N) is 1. The Kier molecular flexibility index (Phi) is 6.16. The predicted octanol–water partition coefficient (Wildman–Crippen LogP) is 3.55. The molecule has 0 bridgehead atoms. The van der Waals surface area contributed by atoms with Gasteiger partial charge in [-0.05, 0) is 37.4 Å². The first kappa shape index (κ1) is 19.0. The van der Waals surface area contributed by atoms with Gasteiger partial charge in [0, 0.05) is 11.1 Å². The maximum Gasteiger partial charge on any atom is 0.279 e. The fraction of sp³-hybridized carbons (Fsp3) is 0.182. The molecule has 2 aromatic carbocycles. The lowest BCUT2D eigenvalue weighted by atomic mass is 10.0. The molecular formula is C22H23N2O2S+. The van der Waals surface area contributed by atoms with E-state index in [0.717, 1.165) is 0 Å². The Bertz CT molecular complexity index is 918. The van der Waals surface area contributed by atoms with Gasteiger partial charge in [0.1, 0.15) is 6.04 Å². The molecule has 0 unspecified atom stereocenters. The second kappa shape index (κ2) is 8.75. The van der Waals surface area contributed by atoms with Gasteiger partial charge in [-0.3, -0.25) is 9.59 Å². The summed E-state index contributed by atoms with van der Waals surface area (Å²) in [7, 11) is 0. The van der Waals surface area contributed by atoms with Gasteiger partial charge in [-0.15, -0.1) is 11.3 Å². The summed E-state index contributed by atoms with van der Waals surface area (Å²) in [4.78, 5) is 25.4. The number of aryl methyl sites for hydroxylation is 1. The normalized spacial score (nSPS) is 11.8. The van der Waals surface area contributed by atoms with Gasteiger partial charge in [0.2, 0.25) is 0 Å². The summed E-state index contributed by atoms with van der Waals surface area (Å²) < 4.78 is 0. The number of nitrogens with one attached hydrogen (secondary N) is 1. The van der Waals surface area contributed by atoms with Crippen LogP contribution in [0.15, 0.2) is 66.0 Å². The molecule has 5 heteroatoms. The minimum atomic E-state index is -0.127. The summed E-state index contributed by atoms with van der Waals surface area (Å²) in [5.41, 5.74) is 3.47. The van der Waals surface area contributed by atoms with Crippen LogP contribution < -0.4 is 10.6 Å². The third kappa shape index (κ3) is 4.90. The molecule has 1 amide bonds. The summed E-state index contributed by atoms with van der Waals surface area (Å²) in [6.07, 6.45) is 0. The number of thiophene rings is 1. The van der Waals surface area contributed by atoms with Gasteiger partial charge in [-0.25, -0.2) is 0 Å². The van der Waals surface area contributed by atoms with Crippen LogP contribution in [-0.2, 0) is 4.79 Å². The number of quaternary nitrogens is 1. The van der Waals surface area contributed by atoms with Crippen molar-refractivity contribution >= 4 is 28.7 Å². The van der Waals surface area contributed by atoms with E-state index in [1.807, 2.05) is 22.8 Å². The highest BCUT2D eigenvalue weighted by atomic mass is 32.1. The molecule has 0 aliphatic rings. The molecule has 0 aliphatic heterocycles. The molecule has 0 spiro atoms. The zero-order valence-corrected chi connectivity index (χ0v) is 16.3. The molecule has 3 rings (SSSR count). The van der Waals surface area contributed by atoms with Crippen molar-refractivity contribution in [3.05, 3.63) is 87.6 Å². The van der Waals surface area contributed by atoms with E-state index in [9.17, 15) is 9.59 Å². The number of carbonyl (C=O) groups is 2. The Balaban J connectivity index is 1.71. The van der Waals surface area contributed by atoms with Crippen LogP contribution in [0.2, 0.25) is 0 Å². The Morgan fingerprint density at radius 3 is 2.44 bits per heavy atom. The average molecular weight is 380 g/mol. The van der Waals surface area contributed by atoms with Crippen molar-refractivity contribution in [1.29, 1.82) is 0 Å². The number of anilines is 1. The van der Waals surface area contributed by atoms with Crippen molar-refractivity contribution in [2.24, 2.45) is 0 Å². The van der Waals surface area contributed by atoms with Crippen LogP contribution in [0.1, 0.15) is 39.3 Å². The van der Waals surface area contributed by atoms with Crippen LogP contribution in [0.3, 0.4) is 0 Å². The van der Waals surface area contributed by atoms with Gasteiger partial charge in [0.25, 0.3) is 5.91 Å². The number of hydrogen-bond acceptors (Lipinski definition) is 3. The monoisotopic (exact) mass is 379 g/mol. The molecule has 1 aromatic heterocycles. The summed E-state index contributed by atoms with van der Waals surface area (Å²) in [5, 5.41) is 6.94. The number of para-hydroxylation sites is 1. The van der Waals surface area contributed by atoms with Gasteiger partial charge >= 0.3 is 0 Å². The maximum absolute atomic E-state index is 12.5. The van der Waals surface area contributed by atoms with Crippen LogP contribution in [0.5, 0.6) is 0 Å². The summed E-state index contributed by atoms with van der Waals surface area (Å²) >= 11 is 1.68. The van der Waals surface area contributed by atoms with Gasteiger partial charge in [-0.2, -0.15) is 0 Å². The van der Waals surface area contributed by atoms with E-state index in [-0.39, 0.29) is 24.3 Å². The van der Waals surface area contributed by atoms with E-state index >= 15 is 0 Å². The van der Waals surface area contributed by atoms with Crippen molar-refractivity contribution in [2.75, 3.05) is 11.9 Å². The van der Waals surface area contributed by atoms with Crippen LogP contribution in [0.25, 0.3) is 0 Å². The number of rotatable bonds is 7. The van der Waals surface area contributed by atoms with E-state index < -0.39 is 0 Å². The van der Waals surface area contributed by atoms with Crippen LogP contribution >= 0.6 is 11.3 Å². The molecular weight excluding hydrogens is 356 g/mol. The molecule has 1 heterocycles. The first-order valence-corrected chi connectivity index (χ1v) is 9.75. The first-order chi connectivity index (χ1) is 13.0. The number of hydrogen-bond donors (Lipinski definition) is 2. The molecule has 3 aromatic rings. The van der Waals surface area contributed by atoms with Gasteiger partial charge < -0.3 is 10.6 Å². The summed E-state index contributed by atoms with van der Waals surface area (Å²) in [6, 6.07) is 19.7. The van der Waals surface area contributed by atoms with Crippen LogP contribution in [0, 0.1) is 6.92 Å². The maximum atomic E-state index is 12.5. The Morgan fingerprint density at radius 1 is 1.04 bits per heavy atom. The van der Waals surface area contributed by atoms with Gasteiger partial charge in [-0.1, -0.05) is 48.0 Å². The average Bonchev–Trinajstić information content (AvgIpc) is 3.18. The molecule has 0 aliphatic carbocycles. The Hall–Kier alpha value is -2.76. The number of carbonyl (C=O) groups excluding carboxylic acids is 2. The third-order valence-electron chi connectivity index (χ3n) is 4.41. The quantitative estimate of drug-likeness (QED) is 0.617. The number of ketones is 1. The number of benzene rings is 2. The highest BCUT2D eigenvalue weighted by Crippen LogP contribution is 2.23. The topological polar surface area (TPSA) is 62.8 Å². The zero-order valence-electron chi connectivity index (χ0n) is 15.4. The zero-order chi connectivity index (χ0) is 19.2. The van der Waals surface area contributed by atoms with Crippen molar-refractivity contribution in [3.8, 4) is 0 Å². The molecule has 0 fully saturated rings. The Morgan fingerprint density at radius 2 is 1.78 bits per heavy atom. The predicted molar refractivity (Wildman–Crippen MR) is 109 cm³/mol. The standard InChI is InChI=1S/C22H22N2O2S/c1-15-9-11-17(12-10-15)22(20-8-5-13-27-20)23-14-21(26)24-19-7-4-3-6-18(19)16(2)25/h3-13,22-23H,14H2,1-2H3,(H,24,26)/p+1/t22-/m0/s1. The lowest BCUT2D eigenvalue weighted by Gasteiger charge is -2.15. The van der Waals surface area contributed by atoms with Crippen molar-refractivity contribution < 1.29 is 14.9 Å². The van der Waals surface area contributed by atoms with Gasteiger partial charge in [0.15, 0.2) is 12.3 Å². The lowest BCUT2D eigenvalue weighted by molar-refractivity contribution is -0.675. The Labute approximate surface area is 163 Å². The van der Waals surface area contributed by atoms with Gasteiger partial charge in [0.05, 0.1) is 10.6 Å². The molecule has 4 nitrogen and oxygen atoms in total. The minimum absolute atomic E-state index is 0.0639. The molecule has 1 atom stereocenters. The number of Topliss-reactive ketones (excluding diaryl/α,β-unsaturated/α-hetero) is 1. The second-order valence-electron chi connectivity index (χ2n) is 6.49. The van der Waals surface area contributed by atoms with Crippen molar-refractivity contribution in [1.82, 2.24) is 0 Å². The molecule has 3 N–H and O–H groups in total. The van der Waals surface area contributed by atoms with E-state index in [2.05, 4.69) is 42.6 Å². The minimum Gasteiger partial charge on any atom is -0.328 e. The third-order valence-corrected chi connectivity index (χ3v) is 5.36. The fourth-order valence-corrected chi connectivity index (χ4v) is 3.83. The highest BCUT2D eigenvalue weighted by Gasteiger charge is 2.20. The molecule has 138 valence electrons. The van der Waals surface area contributed by atoms with Crippen LogP contribution in [0.4, 0.5) is 5.69 Å². The summed E-state index contributed by atoms with van der Waals surface area (Å²) in [6.45, 7) is 3.83. The van der Waals surface area contributed by atoms with E-state index in [1.165, 1.54) is 22.9 Å². The SMILES string of the molecule is CC(=O)c1ccccc1NC(=O)C[NH2+][C@@H](c1ccc(C)cc1)c1cccs1. The smallest absolute Gasteiger partial charge is 0.279 e. The van der Waals surface area contributed by atoms with Crippen molar-refractivity contribution in [3.63, 3.8) is 0 Å². The molecule has 27 heavy (non-hydrogen) atoms. The van der Waals surface area contributed by atoms with E-state index in [0.29, 0.717) is 11.3 Å². The highest BCUT2D eigenvalue weighted by molar-refractivity contribution is 7.10. The van der Waals surface area contributed by atoms with Crippen LogP contribution in [-0.4, -0.2) is 18.2 Å². The second-order valence-corrected chi connectivity index (χ2v) is 7.47. The molecule has 0 radical (unpaired) electrons. The lowest BCUT2D eigenvalue weighted by Crippen LogP contribution is -2.87. The largest absolute Gasteiger partial charge is 0.328 e. The summed E-state index contributed by atoms with van der Waals surface area (Å²) in [5.74, 6) is -0.191.